The first-order valence-electron chi connectivity index (χ1n) is 5.50. The Hall–Kier alpha value is -1.43. The summed E-state index contributed by atoms with van der Waals surface area (Å²) in [7, 11) is 0. The molecule has 17 heavy (non-hydrogen) atoms. The van der Waals surface area contributed by atoms with Crippen LogP contribution in [-0.2, 0) is 19.0 Å². The van der Waals surface area contributed by atoms with Gasteiger partial charge in [-0.3, -0.25) is 0 Å². The number of rotatable bonds is 5. The highest BCUT2D eigenvalue weighted by atomic mass is 35.5. The lowest BCUT2D eigenvalue weighted by molar-refractivity contribution is 0.455. The summed E-state index contributed by atoms with van der Waals surface area (Å²) in [5.41, 5.74) is 0.765. The van der Waals surface area contributed by atoms with Crippen LogP contribution in [0.4, 0.5) is 0 Å². The van der Waals surface area contributed by atoms with E-state index >= 15 is 0 Å². The van der Waals surface area contributed by atoms with Crippen molar-refractivity contribution in [2.45, 2.75) is 32.8 Å². The summed E-state index contributed by atoms with van der Waals surface area (Å²) in [5, 5.41) is 12.1. The van der Waals surface area contributed by atoms with Gasteiger partial charge < -0.3 is 0 Å². The first kappa shape index (κ1) is 12.0. The van der Waals surface area contributed by atoms with Crippen LogP contribution in [0, 0.1) is 5.92 Å². The second-order valence-electron chi connectivity index (χ2n) is 4.29. The number of aromatic nitrogens is 6. The van der Waals surface area contributed by atoms with Gasteiger partial charge in [-0.05, 0) is 5.92 Å². The lowest BCUT2D eigenvalue weighted by atomic mass is 10.2. The molecule has 92 valence electrons. The van der Waals surface area contributed by atoms with Crippen molar-refractivity contribution < 1.29 is 0 Å². The average molecular weight is 255 g/mol. The molecule has 0 aliphatic rings. The SMILES string of the molecule is CC(C)Cn1ncnc1Cn1cc(CCl)nn1. The Morgan fingerprint density at radius 3 is 2.88 bits per heavy atom. The van der Waals surface area contributed by atoms with Gasteiger partial charge in [0.2, 0.25) is 0 Å². The predicted molar refractivity (Wildman–Crippen MR) is 63.5 cm³/mol. The van der Waals surface area contributed by atoms with Gasteiger partial charge in [-0.1, -0.05) is 19.1 Å². The van der Waals surface area contributed by atoms with Crippen molar-refractivity contribution in [2.75, 3.05) is 0 Å². The number of hydrogen-bond donors (Lipinski definition) is 0. The van der Waals surface area contributed by atoms with E-state index in [2.05, 4.69) is 34.2 Å². The first-order chi connectivity index (χ1) is 8.19. The Balaban J connectivity index is 2.10. The maximum absolute atomic E-state index is 5.67. The molecule has 0 saturated carbocycles. The fraction of sp³-hybridized carbons (Fsp3) is 0.600. The molecule has 0 unspecified atom stereocenters. The minimum atomic E-state index is 0.374. The van der Waals surface area contributed by atoms with E-state index in [1.807, 2.05) is 10.9 Å². The van der Waals surface area contributed by atoms with Gasteiger partial charge >= 0.3 is 0 Å². The smallest absolute Gasteiger partial charge is 0.148 e. The van der Waals surface area contributed by atoms with Crippen LogP contribution >= 0.6 is 11.6 Å². The van der Waals surface area contributed by atoms with E-state index in [0.717, 1.165) is 18.1 Å². The topological polar surface area (TPSA) is 61.4 Å². The summed E-state index contributed by atoms with van der Waals surface area (Å²) in [6, 6.07) is 0. The highest BCUT2D eigenvalue weighted by Gasteiger charge is 2.08. The van der Waals surface area contributed by atoms with Crippen LogP contribution < -0.4 is 0 Å². The first-order valence-corrected chi connectivity index (χ1v) is 6.04. The summed E-state index contributed by atoms with van der Waals surface area (Å²) in [5.74, 6) is 1.79. The fourth-order valence-corrected chi connectivity index (χ4v) is 1.65. The monoisotopic (exact) mass is 254 g/mol. The summed E-state index contributed by atoms with van der Waals surface area (Å²) in [4.78, 5) is 4.23. The van der Waals surface area contributed by atoms with Crippen LogP contribution in [0.3, 0.4) is 0 Å². The highest BCUT2D eigenvalue weighted by Crippen LogP contribution is 2.04. The Labute approximate surface area is 105 Å². The molecule has 0 aromatic carbocycles. The highest BCUT2D eigenvalue weighted by molar-refractivity contribution is 6.16. The van der Waals surface area contributed by atoms with Gasteiger partial charge in [0, 0.05) is 6.54 Å². The second kappa shape index (κ2) is 5.27. The Morgan fingerprint density at radius 1 is 1.41 bits per heavy atom. The zero-order chi connectivity index (χ0) is 12.3. The van der Waals surface area contributed by atoms with Gasteiger partial charge in [0.15, 0.2) is 0 Å². The van der Waals surface area contributed by atoms with Crippen molar-refractivity contribution >= 4 is 11.6 Å². The van der Waals surface area contributed by atoms with Crippen molar-refractivity contribution in [1.82, 2.24) is 29.8 Å². The van der Waals surface area contributed by atoms with E-state index < -0.39 is 0 Å². The Bertz CT molecular complexity index is 475. The van der Waals surface area contributed by atoms with Gasteiger partial charge in [-0.2, -0.15) is 5.10 Å². The quantitative estimate of drug-likeness (QED) is 0.755. The average Bonchev–Trinajstić information content (AvgIpc) is 2.89. The van der Waals surface area contributed by atoms with Gasteiger partial charge in [-0.15, -0.1) is 16.7 Å². The van der Waals surface area contributed by atoms with Crippen LogP contribution in [0.25, 0.3) is 0 Å². The fourth-order valence-electron chi connectivity index (χ4n) is 1.53. The van der Waals surface area contributed by atoms with Crippen molar-refractivity contribution in [3.63, 3.8) is 0 Å². The molecule has 0 spiro atoms. The van der Waals surface area contributed by atoms with Gasteiger partial charge in [0.25, 0.3) is 0 Å². The van der Waals surface area contributed by atoms with Gasteiger partial charge in [0.05, 0.1) is 17.8 Å². The molecule has 6 nitrogen and oxygen atoms in total. The van der Waals surface area contributed by atoms with Crippen LogP contribution in [0.2, 0.25) is 0 Å². The molecule has 0 atom stereocenters. The van der Waals surface area contributed by atoms with Crippen LogP contribution in [0.15, 0.2) is 12.5 Å². The molecule has 0 aliphatic heterocycles. The van der Waals surface area contributed by atoms with Gasteiger partial charge in [-0.25, -0.2) is 14.3 Å². The molecule has 0 amide bonds. The minimum Gasteiger partial charge on any atom is -0.248 e. The third-order valence-corrected chi connectivity index (χ3v) is 2.53. The van der Waals surface area contributed by atoms with Crippen molar-refractivity contribution in [1.29, 1.82) is 0 Å². The van der Waals surface area contributed by atoms with E-state index in [9.17, 15) is 0 Å². The molecular formula is C10H15ClN6. The van der Waals surface area contributed by atoms with E-state index in [1.165, 1.54) is 0 Å². The Kier molecular flexibility index (Phi) is 3.73. The molecule has 0 aliphatic carbocycles. The van der Waals surface area contributed by atoms with E-state index in [-0.39, 0.29) is 0 Å². The molecular weight excluding hydrogens is 240 g/mol. The van der Waals surface area contributed by atoms with Crippen molar-refractivity contribution in [3.8, 4) is 0 Å². The molecule has 0 radical (unpaired) electrons. The standard InChI is InChI=1S/C10H15ClN6/c1-8(2)4-17-10(12-7-13-17)6-16-5-9(3-11)14-15-16/h5,7-8H,3-4,6H2,1-2H3. The predicted octanol–water partition coefficient (Wildman–Crippen LogP) is 1.31. The summed E-state index contributed by atoms with van der Waals surface area (Å²) < 4.78 is 3.62. The molecule has 0 N–H and O–H groups in total. The van der Waals surface area contributed by atoms with Crippen molar-refractivity contribution in [2.24, 2.45) is 5.92 Å². The molecule has 0 bridgehead atoms. The third kappa shape index (κ3) is 3.03. The van der Waals surface area contributed by atoms with Crippen LogP contribution in [-0.4, -0.2) is 29.8 Å². The normalized spacial score (nSPS) is 11.3. The molecule has 0 saturated heterocycles. The van der Waals surface area contributed by atoms with E-state index in [4.69, 9.17) is 11.6 Å². The van der Waals surface area contributed by atoms with E-state index in [1.54, 1.807) is 11.0 Å². The van der Waals surface area contributed by atoms with Crippen LogP contribution in [0.1, 0.15) is 25.4 Å². The van der Waals surface area contributed by atoms with Crippen molar-refractivity contribution in [3.05, 3.63) is 24.0 Å². The lowest BCUT2D eigenvalue weighted by Crippen LogP contribution is -2.13. The zero-order valence-electron chi connectivity index (χ0n) is 9.91. The second-order valence-corrected chi connectivity index (χ2v) is 4.56. The number of halogens is 1. The molecule has 7 heteroatoms. The maximum atomic E-state index is 5.67. The molecule has 2 aromatic rings. The number of hydrogen-bond acceptors (Lipinski definition) is 4. The van der Waals surface area contributed by atoms with Gasteiger partial charge in [0.1, 0.15) is 18.7 Å². The maximum Gasteiger partial charge on any atom is 0.148 e. The molecule has 2 heterocycles. The summed E-state index contributed by atoms with van der Waals surface area (Å²) in [6.07, 6.45) is 3.39. The summed E-state index contributed by atoms with van der Waals surface area (Å²) >= 11 is 5.67. The summed E-state index contributed by atoms with van der Waals surface area (Å²) in [6.45, 7) is 5.71. The molecule has 2 aromatic heterocycles. The largest absolute Gasteiger partial charge is 0.248 e. The number of alkyl halides is 1. The zero-order valence-corrected chi connectivity index (χ0v) is 10.7. The lowest BCUT2D eigenvalue weighted by Gasteiger charge is -2.07. The Morgan fingerprint density at radius 2 is 2.24 bits per heavy atom. The number of nitrogens with zero attached hydrogens (tertiary/aromatic N) is 6. The third-order valence-electron chi connectivity index (χ3n) is 2.26. The van der Waals surface area contributed by atoms with E-state index in [0.29, 0.717) is 18.3 Å². The molecule has 2 rings (SSSR count). The van der Waals surface area contributed by atoms with Crippen LogP contribution in [0.5, 0.6) is 0 Å². The molecule has 0 fully saturated rings. The minimum absolute atomic E-state index is 0.374.